The summed E-state index contributed by atoms with van der Waals surface area (Å²) in [6.07, 6.45) is 2.22. The van der Waals surface area contributed by atoms with Gasteiger partial charge < -0.3 is 5.32 Å². The molecule has 2 rings (SSSR count). The van der Waals surface area contributed by atoms with Crippen LogP contribution in [0.3, 0.4) is 0 Å². The maximum Gasteiger partial charge on any atom is 0.0914 e. The summed E-state index contributed by atoms with van der Waals surface area (Å²) in [5.74, 6) is 0. The molecule has 3 atom stereocenters. The first-order valence-corrected chi connectivity index (χ1v) is 8.33. The molecule has 1 aromatic heterocycles. The Balaban J connectivity index is 2.18. The van der Waals surface area contributed by atoms with Crippen LogP contribution in [0.4, 0.5) is 0 Å². The summed E-state index contributed by atoms with van der Waals surface area (Å²) in [7, 11) is -0.850. The van der Waals surface area contributed by atoms with E-state index in [0.29, 0.717) is 6.04 Å². The average molecular weight is 271 g/mol. The van der Waals surface area contributed by atoms with Gasteiger partial charge in [-0.15, -0.1) is 11.3 Å². The minimum Gasteiger partial charge on any atom is -0.313 e. The summed E-state index contributed by atoms with van der Waals surface area (Å²) in [6, 6.07) is 4.35. The first-order chi connectivity index (χ1) is 8.06. The number of rotatable bonds is 4. The lowest BCUT2D eigenvalue weighted by Gasteiger charge is -2.30. The monoisotopic (exact) mass is 271 g/mol. The van der Waals surface area contributed by atoms with Crippen molar-refractivity contribution in [1.82, 2.24) is 5.32 Å². The van der Waals surface area contributed by atoms with E-state index < -0.39 is 10.8 Å². The highest BCUT2D eigenvalue weighted by Gasteiger charge is 2.44. The van der Waals surface area contributed by atoms with Crippen LogP contribution in [0.2, 0.25) is 0 Å². The highest BCUT2D eigenvalue weighted by atomic mass is 32.2. The standard InChI is InChI=1S/C13H21NOS2/c1-4-14-12-10(7-8-13(12,2)3)17(15)11-6-5-9-16-11/h5-6,9-10,12,14H,4,7-8H2,1-3H3. The van der Waals surface area contributed by atoms with E-state index in [1.165, 1.54) is 0 Å². The van der Waals surface area contributed by atoms with Crippen molar-refractivity contribution in [2.24, 2.45) is 5.41 Å². The number of thiophene rings is 1. The van der Waals surface area contributed by atoms with Crippen molar-refractivity contribution in [3.63, 3.8) is 0 Å². The first-order valence-electron chi connectivity index (χ1n) is 6.23. The Kier molecular flexibility index (Phi) is 4.06. The Morgan fingerprint density at radius 2 is 2.35 bits per heavy atom. The van der Waals surface area contributed by atoms with Crippen LogP contribution in [0, 0.1) is 5.41 Å². The molecule has 1 aromatic rings. The lowest BCUT2D eigenvalue weighted by molar-refractivity contribution is 0.289. The van der Waals surface area contributed by atoms with Crippen LogP contribution in [0.5, 0.6) is 0 Å². The molecule has 1 heterocycles. The second-order valence-corrected chi connectivity index (χ2v) is 8.18. The second-order valence-electron chi connectivity index (χ2n) is 5.33. The molecule has 0 aromatic carbocycles. The molecule has 17 heavy (non-hydrogen) atoms. The zero-order valence-electron chi connectivity index (χ0n) is 10.7. The SMILES string of the molecule is CCNC1C(S(=O)c2cccs2)CCC1(C)C. The van der Waals surface area contributed by atoms with Crippen molar-refractivity contribution in [1.29, 1.82) is 0 Å². The molecule has 0 bridgehead atoms. The van der Waals surface area contributed by atoms with Crippen LogP contribution in [-0.4, -0.2) is 22.0 Å². The molecule has 4 heteroatoms. The van der Waals surface area contributed by atoms with Crippen molar-refractivity contribution in [3.05, 3.63) is 17.5 Å². The second kappa shape index (κ2) is 5.21. The van der Waals surface area contributed by atoms with Crippen LogP contribution in [0.15, 0.2) is 21.7 Å². The summed E-state index contributed by atoms with van der Waals surface area (Å²) in [6.45, 7) is 7.64. The van der Waals surface area contributed by atoms with Gasteiger partial charge in [0.05, 0.1) is 20.3 Å². The maximum atomic E-state index is 12.6. The van der Waals surface area contributed by atoms with E-state index >= 15 is 0 Å². The van der Waals surface area contributed by atoms with Crippen molar-refractivity contribution in [2.75, 3.05) is 6.54 Å². The Morgan fingerprint density at radius 1 is 1.59 bits per heavy atom. The van der Waals surface area contributed by atoms with E-state index in [4.69, 9.17) is 0 Å². The van der Waals surface area contributed by atoms with E-state index in [0.717, 1.165) is 23.6 Å². The van der Waals surface area contributed by atoms with Gasteiger partial charge in [0.2, 0.25) is 0 Å². The fraction of sp³-hybridized carbons (Fsp3) is 0.692. The number of nitrogens with one attached hydrogen (secondary N) is 1. The number of hydrogen-bond acceptors (Lipinski definition) is 3. The largest absolute Gasteiger partial charge is 0.313 e. The van der Waals surface area contributed by atoms with Crippen LogP contribution in [-0.2, 0) is 10.8 Å². The van der Waals surface area contributed by atoms with Gasteiger partial charge in [0.25, 0.3) is 0 Å². The topological polar surface area (TPSA) is 29.1 Å². The Hall–Kier alpha value is -0.190. The Morgan fingerprint density at radius 3 is 2.94 bits per heavy atom. The molecule has 1 saturated carbocycles. The highest BCUT2D eigenvalue weighted by Crippen LogP contribution is 2.41. The summed E-state index contributed by atoms with van der Waals surface area (Å²) in [5, 5.41) is 5.82. The fourth-order valence-electron chi connectivity index (χ4n) is 2.73. The molecule has 1 N–H and O–H groups in total. The Bertz CT molecular complexity index is 386. The Labute approximate surface area is 110 Å². The molecule has 0 radical (unpaired) electrons. The maximum absolute atomic E-state index is 12.6. The van der Waals surface area contributed by atoms with Crippen LogP contribution in [0.1, 0.15) is 33.6 Å². The smallest absolute Gasteiger partial charge is 0.0914 e. The normalized spacial score (nSPS) is 29.4. The van der Waals surface area contributed by atoms with Gasteiger partial charge in [0, 0.05) is 6.04 Å². The lowest BCUT2D eigenvalue weighted by Crippen LogP contribution is -2.45. The van der Waals surface area contributed by atoms with E-state index in [-0.39, 0.29) is 10.7 Å². The molecule has 0 aliphatic heterocycles. The molecule has 0 spiro atoms. The van der Waals surface area contributed by atoms with Crippen molar-refractivity contribution in [2.45, 2.75) is 49.1 Å². The van der Waals surface area contributed by atoms with Gasteiger partial charge in [-0.3, -0.25) is 4.21 Å². The van der Waals surface area contributed by atoms with Crippen LogP contribution < -0.4 is 5.32 Å². The summed E-state index contributed by atoms with van der Waals surface area (Å²) >= 11 is 1.61. The van der Waals surface area contributed by atoms with Gasteiger partial charge in [-0.05, 0) is 36.2 Å². The first kappa shape index (κ1) is 13.2. The van der Waals surface area contributed by atoms with E-state index in [1.54, 1.807) is 11.3 Å². The van der Waals surface area contributed by atoms with E-state index in [1.807, 2.05) is 17.5 Å². The lowest BCUT2D eigenvalue weighted by atomic mass is 9.87. The third-order valence-electron chi connectivity index (χ3n) is 3.68. The molecule has 3 unspecified atom stereocenters. The van der Waals surface area contributed by atoms with Crippen molar-refractivity contribution in [3.8, 4) is 0 Å². The molecular formula is C13H21NOS2. The summed E-state index contributed by atoms with van der Waals surface area (Å²) < 4.78 is 13.6. The third kappa shape index (κ3) is 2.64. The van der Waals surface area contributed by atoms with Gasteiger partial charge in [0.1, 0.15) is 0 Å². The predicted molar refractivity (Wildman–Crippen MR) is 75.0 cm³/mol. The minimum atomic E-state index is -0.850. The average Bonchev–Trinajstić information content (AvgIpc) is 2.88. The molecule has 2 nitrogen and oxygen atoms in total. The molecular weight excluding hydrogens is 250 g/mol. The van der Waals surface area contributed by atoms with Crippen LogP contribution >= 0.6 is 11.3 Å². The predicted octanol–water partition coefficient (Wildman–Crippen LogP) is 3.02. The zero-order valence-corrected chi connectivity index (χ0v) is 12.4. The van der Waals surface area contributed by atoms with Gasteiger partial charge >= 0.3 is 0 Å². The van der Waals surface area contributed by atoms with Crippen LogP contribution in [0.25, 0.3) is 0 Å². The molecule has 0 saturated heterocycles. The van der Waals surface area contributed by atoms with Gasteiger partial charge in [-0.25, -0.2) is 0 Å². The quantitative estimate of drug-likeness (QED) is 0.912. The minimum absolute atomic E-state index is 0.258. The molecule has 1 aliphatic rings. The molecule has 96 valence electrons. The van der Waals surface area contributed by atoms with Crippen molar-refractivity contribution < 1.29 is 4.21 Å². The molecule has 0 amide bonds. The van der Waals surface area contributed by atoms with Gasteiger partial charge in [0.15, 0.2) is 0 Å². The summed E-state index contributed by atoms with van der Waals surface area (Å²) in [5.41, 5.74) is 0.258. The van der Waals surface area contributed by atoms with Gasteiger partial charge in [-0.1, -0.05) is 26.8 Å². The van der Waals surface area contributed by atoms with E-state index in [2.05, 4.69) is 26.1 Å². The summed E-state index contributed by atoms with van der Waals surface area (Å²) in [4.78, 5) is 0. The molecule has 1 aliphatic carbocycles. The van der Waals surface area contributed by atoms with Gasteiger partial charge in [-0.2, -0.15) is 0 Å². The van der Waals surface area contributed by atoms with E-state index in [9.17, 15) is 4.21 Å². The molecule has 1 fully saturated rings. The zero-order chi connectivity index (χ0) is 12.5. The third-order valence-corrected chi connectivity index (χ3v) is 6.71. The number of hydrogen-bond donors (Lipinski definition) is 1. The highest BCUT2D eigenvalue weighted by molar-refractivity contribution is 7.88. The fourth-order valence-corrected chi connectivity index (χ4v) is 5.65. The van der Waals surface area contributed by atoms with Crippen molar-refractivity contribution >= 4 is 22.1 Å².